The van der Waals surface area contributed by atoms with Crippen LogP contribution >= 0.6 is 0 Å². The second kappa shape index (κ2) is 9.50. The fourth-order valence-corrected chi connectivity index (χ4v) is 6.17. The number of hydrogen-bond acceptors (Lipinski definition) is 4. The minimum Gasteiger partial charge on any atom is -0.496 e. The second-order valence-electron chi connectivity index (χ2n) is 10.9. The number of nitrogens with zero attached hydrogens (tertiary/aromatic N) is 1. The Hall–Kier alpha value is -3.23. The van der Waals surface area contributed by atoms with Crippen molar-refractivity contribution in [1.29, 1.82) is 0 Å². The van der Waals surface area contributed by atoms with E-state index in [0.717, 1.165) is 43.4 Å². The van der Waals surface area contributed by atoms with Gasteiger partial charge in [-0.05, 0) is 80.7 Å². The van der Waals surface area contributed by atoms with E-state index in [-0.39, 0.29) is 23.3 Å². The number of amides is 2. The van der Waals surface area contributed by atoms with Crippen molar-refractivity contribution in [2.45, 2.75) is 63.1 Å². The third-order valence-corrected chi connectivity index (χ3v) is 8.96. The topological polar surface area (TPSA) is 67.9 Å². The molecule has 1 N–H and O–H groups in total. The molecule has 1 unspecified atom stereocenters. The Bertz CT molecular complexity index is 1200. The number of halogens is 3. The summed E-state index contributed by atoms with van der Waals surface area (Å²) in [4.78, 5) is 28.5. The van der Waals surface area contributed by atoms with Gasteiger partial charge in [0.2, 0.25) is 5.91 Å². The number of piperidine rings is 1. The van der Waals surface area contributed by atoms with Crippen LogP contribution in [0.15, 0.2) is 36.4 Å². The Morgan fingerprint density at radius 3 is 1.97 bits per heavy atom. The fraction of sp³-hybridized carbons (Fsp3) is 0.517. The van der Waals surface area contributed by atoms with Crippen molar-refractivity contribution >= 4 is 11.8 Å². The number of ether oxygens (including phenoxy) is 2. The summed E-state index contributed by atoms with van der Waals surface area (Å²) in [5.74, 6) is 1.01. The van der Waals surface area contributed by atoms with E-state index in [2.05, 4.69) is 5.32 Å². The SMILES string of the molecule is COc1cc(C(=O)NC2CCC23CCN(C(=O)C2(c4ccc(C(F)(F)F)cc4)CC2)CC3)cc(OC)c1C. The molecule has 2 aromatic carbocycles. The highest BCUT2D eigenvalue weighted by molar-refractivity contribution is 5.95. The number of nitrogens with one attached hydrogen (secondary N) is 1. The Morgan fingerprint density at radius 2 is 1.53 bits per heavy atom. The molecule has 1 atom stereocenters. The zero-order valence-electron chi connectivity index (χ0n) is 21.9. The first kappa shape index (κ1) is 26.4. The van der Waals surface area contributed by atoms with E-state index in [0.29, 0.717) is 48.6 Å². The summed E-state index contributed by atoms with van der Waals surface area (Å²) in [6.45, 7) is 3.04. The predicted octanol–water partition coefficient (Wildman–Crippen LogP) is 5.26. The predicted molar refractivity (Wildman–Crippen MR) is 135 cm³/mol. The number of methoxy groups -OCH3 is 2. The molecule has 1 aliphatic heterocycles. The molecule has 2 aromatic rings. The van der Waals surface area contributed by atoms with Crippen molar-refractivity contribution in [3.05, 3.63) is 58.7 Å². The van der Waals surface area contributed by atoms with E-state index in [1.54, 1.807) is 26.4 Å². The summed E-state index contributed by atoms with van der Waals surface area (Å²) in [6, 6.07) is 8.49. The maximum absolute atomic E-state index is 13.5. The normalized spacial score (nSPS) is 21.4. The molecule has 0 radical (unpaired) electrons. The van der Waals surface area contributed by atoms with Crippen molar-refractivity contribution in [1.82, 2.24) is 10.2 Å². The van der Waals surface area contributed by atoms with Crippen molar-refractivity contribution in [2.24, 2.45) is 5.41 Å². The first-order valence-corrected chi connectivity index (χ1v) is 13.0. The van der Waals surface area contributed by atoms with Gasteiger partial charge in [0.15, 0.2) is 0 Å². The van der Waals surface area contributed by atoms with E-state index in [1.807, 2.05) is 11.8 Å². The van der Waals surface area contributed by atoms with Crippen molar-refractivity contribution in [3.63, 3.8) is 0 Å². The second-order valence-corrected chi connectivity index (χ2v) is 10.9. The standard InChI is InChI=1S/C29H33F3N2O4/c1-18-22(37-2)16-19(17-23(18)38-3)25(35)33-24-8-9-27(24)12-14-34(15-13-27)26(36)28(10-11-28)20-4-6-21(7-5-20)29(30,31)32/h4-7,16-17,24H,8-15H2,1-3H3,(H,33,35). The molecule has 0 bridgehead atoms. The maximum Gasteiger partial charge on any atom is 0.416 e. The molecule has 5 rings (SSSR count). The van der Waals surface area contributed by atoms with E-state index in [1.165, 1.54) is 12.1 Å². The minimum absolute atomic E-state index is 0.00543. The summed E-state index contributed by atoms with van der Waals surface area (Å²) in [5.41, 5.74) is 0.514. The third-order valence-electron chi connectivity index (χ3n) is 8.96. The van der Waals surface area contributed by atoms with Gasteiger partial charge in [0.05, 0.1) is 25.2 Å². The lowest BCUT2D eigenvalue weighted by molar-refractivity contribution is -0.138. The number of benzene rings is 2. The van der Waals surface area contributed by atoms with Gasteiger partial charge in [-0.1, -0.05) is 12.1 Å². The van der Waals surface area contributed by atoms with E-state index in [4.69, 9.17) is 9.47 Å². The smallest absolute Gasteiger partial charge is 0.416 e. The molecule has 0 aromatic heterocycles. The average molecular weight is 531 g/mol. The molecule has 9 heteroatoms. The van der Waals surface area contributed by atoms with E-state index in [9.17, 15) is 22.8 Å². The molecule has 1 saturated heterocycles. The number of rotatable bonds is 6. The lowest BCUT2D eigenvalue weighted by Crippen LogP contribution is -2.60. The highest BCUT2D eigenvalue weighted by Crippen LogP contribution is 2.53. The highest BCUT2D eigenvalue weighted by Gasteiger charge is 2.55. The first-order chi connectivity index (χ1) is 18.0. The van der Waals surface area contributed by atoms with Crippen molar-refractivity contribution in [3.8, 4) is 11.5 Å². The minimum atomic E-state index is -4.40. The molecule has 1 heterocycles. The fourth-order valence-electron chi connectivity index (χ4n) is 6.17. The molecule has 3 fully saturated rings. The van der Waals surface area contributed by atoms with Gasteiger partial charge in [-0.3, -0.25) is 9.59 Å². The number of likely N-dealkylation sites (tertiary alicyclic amines) is 1. The van der Waals surface area contributed by atoms with Gasteiger partial charge in [-0.25, -0.2) is 0 Å². The van der Waals surface area contributed by atoms with Gasteiger partial charge in [-0.15, -0.1) is 0 Å². The zero-order valence-corrected chi connectivity index (χ0v) is 21.9. The van der Waals surface area contributed by atoms with Gasteiger partial charge in [0.1, 0.15) is 11.5 Å². The molecule has 2 saturated carbocycles. The van der Waals surface area contributed by atoms with Crippen LogP contribution < -0.4 is 14.8 Å². The number of hydrogen-bond donors (Lipinski definition) is 1. The van der Waals surface area contributed by atoms with Gasteiger partial charge in [0, 0.05) is 30.3 Å². The molecule has 3 aliphatic rings. The van der Waals surface area contributed by atoms with Crippen LogP contribution in [-0.4, -0.2) is 50.1 Å². The Morgan fingerprint density at radius 1 is 0.947 bits per heavy atom. The largest absolute Gasteiger partial charge is 0.496 e. The molecule has 204 valence electrons. The highest BCUT2D eigenvalue weighted by atomic mass is 19.4. The van der Waals surface area contributed by atoms with Crippen LogP contribution in [0.5, 0.6) is 11.5 Å². The van der Waals surface area contributed by atoms with Gasteiger partial charge in [-0.2, -0.15) is 13.2 Å². The van der Waals surface area contributed by atoms with Crippen LogP contribution in [0.3, 0.4) is 0 Å². The van der Waals surface area contributed by atoms with Gasteiger partial charge >= 0.3 is 6.18 Å². The van der Waals surface area contributed by atoms with Crippen LogP contribution in [0, 0.1) is 12.3 Å². The Balaban J connectivity index is 1.22. The summed E-state index contributed by atoms with van der Waals surface area (Å²) in [7, 11) is 3.12. The van der Waals surface area contributed by atoms with Crippen molar-refractivity contribution in [2.75, 3.05) is 27.3 Å². The zero-order chi connectivity index (χ0) is 27.3. The van der Waals surface area contributed by atoms with Crippen LogP contribution in [0.25, 0.3) is 0 Å². The van der Waals surface area contributed by atoms with Crippen molar-refractivity contribution < 1.29 is 32.2 Å². The maximum atomic E-state index is 13.5. The molecule has 2 amide bonds. The van der Waals surface area contributed by atoms with Crippen LogP contribution in [0.2, 0.25) is 0 Å². The lowest BCUT2D eigenvalue weighted by atomic mass is 9.59. The van der Waals surface area contributed by atoms with Gasteiger partial charge < -0.3 is 19.7 Å². The number of alkyl halides is 3. The Kier molecular flexibility index (Phi) is 6.60. The van der Waals surface area contributed by atoms with E-state index >= 15 is 0 Å². The first-order valence-electron chi connectivity index (χ1n) is 13.0. The Labute approximate surface area is 220 Å². The quantitative estimate of drug-likeness (QED) is 0.553. The van der Waals surface area contributed by atoms with Gasteiger partial charge in [0.25, 0.3) is 5.91 Å². The molecule has 38 heavy (non-hydrogen) atoms. The number of carbonyl (C=O) groups is 2. The molecular weight excluding hydrogens is 497 g/mol. The van der Waals surface area contributed by atoms with Crippen LogP contribution in [-0.2, 0) is 16.4 Å². The lowest BCUT2D eigenvalue weighted by Gasteiger charge is -2.54. The molecule has 1 spiro atoms. The number of carbonyl (C=O) groups excluding carboxylic acids is 2. The third kappa shape index (κ3) is 4.50. The summed E-state index contributed by atoms with van der Waals surface area (Å²) in [5, 5.41) is 3.20. The van der Waals surface area contributed by atoms with Crippen LogP contribution in [0.1, 0.15) is 65.6 Å². The molecular formula is C29H33F3N2O4. The summed E-state index contributed by atoms with van der Waals surface area (Å²) >= 11 is 0. The molecule has 6 nitrogen and oxygen atoms in total. The monoisotopic (exact) mass is 530 g/mol. The molecule has 2 aliphatic carbocycles. The summed E-state index contributed by atoms with van der Waals surface area (Å²) in [6.07, 6.45) is 0.356. The van der Waals surface area contributed by atoms with E-state index < -0.39 is 17.2 Å². The average Bonchev–Trinajstić information content (AvgIpc) is 3.72. The summed E-state index contributed by atoms with van der Waals surface area (Å²) < 4.78 is 49.7. The van der Waals surface area contributed by atoms with Crippen LogP contribution in [0.4, 0.5) is 13.2 Å².